The van der Waals surface area contributed by atoms with Gasteiger partial charge in [0.05, 0.1) is 13.2 Å². The summed E-state index contributed by atoms with van der Waals surface area (Å²) in [6.45, 7) is 1.80. The number of nitrogens with zero attached hydrogens (tertiary/aromatic N) is 2. The normalized spacial score (nSPS) is 20.0. The fourth-order valence-electron chi connectivity index (χ4n) is 2.41. The fourth-order valence-corrected chi connectivity index (χ4v) is 2.41. The van der Waals surface area contributed by atoms with Crippen LogP contribution in [0.5, 0.6) is 0 Å². The molecule has 98 valence electrons. The molecule has 1 aromatic rings. The van der Waals surface area contributed by atoms with E-state index in [1.54, 1.807) is 7.05 Å². The minimum absolute atomic E-state index is 0.0462. The van der Waals surface area contributed by atoms with E-state index in [4.69, 9.17) is 4.84 Å². The number of likely N-dealkylation sites (tertiary alicyclic amines) is 1. The molecule has 1 amide bonds. The highest BCUT2D eigenvalue weighted by molar-refractivity contribution is 5.81. The van der Waals surface area contributed by atoms with Crippen molar-refractivity contribution in [2.45, 2.75) is 25.4 Å². The third-order valence-corrected chi connectivity index (χ3v) is 3.46. The standard InChI is InChI=1S/C14H20N2O2/c1-15(18-2)14(17)13-9-6-10-16(13)11-12-7-4-3-5-8-12/h3-5,7-8,13H,6,9-11H2,1-2H3. The molecule has 18 heavy (non-hydrogen) atoms. The summed E-state index contributed by atoms with van der Waals surface area (Å²) in [5, 5.41) is 1.33. The first-order chi connectivity index (χ1) is 8.72. The van der Waals surface area contributed by atoms with Gasteiger partial charge in [0.15, 0.2) is 0 Å². The fraction of sp³-hybridized carbons (Fsp3) is 0.500. The van der Waals surface area contributed by atoms with Crippen molar-refractivity contribution in [3.63, 3.8) is 0 Å². The maximum Gasteiger partial charge on any atom is 0.263 e. The SMILES string of the molecule is CON(C)C(=O)C1CCCN1Cc1ccccc1. The summed E-state index contributed by atoms with van der Waals surface area (Å²) in [4.78, 5) is 19.3. The largest absolute Gasteiger partial charge is 0.288 e. The van der Waals surface area contributed by atoms with Gasteiger partial charge in [-0.3, -0.25) is 14.5 Å². The van der Waals surface area contributed by atoms with E-state index in [2.05, 4.69) is 17.0 Å². The zero-order valence-corrected chi connectivity index (χ0v) is 11.0. The molecule has 1 aliphatic rings. The van der Waals surface area contributed by atoms with E-state index in [9.17, 15) is 4.79 Å². The Balaban J connectivity index is 2.02. The number of hydrogen-bond acceptors (Lipinski definition) is 3. The highest BCUT2D eigenvalue weighted by Crippen LogP contribution is 2.21. The van der Waals surface area contributed by atoms with Gasteiger partial charge in [-0.2, -0.15) is 0 Å². The number of carbonyl (C=O) groups excluding carboxylic acids is 1. The van der Waals surface area contributed by atoms with Gasteiger partial charge in [0.25, 0.3) is 5.91 Å². The zero-order valence-electron chi connectivity index (χ0n) is 11.0. The third-order valence-electron chi connectivity index (χ3n) is 3.46. The minimum Gasteiger partial charge on any atom is -0.288 e. The molecule has 0 saturated carbocycles. The minimum atomic E-state index is -0.0462. The van der Waals surface area contributed by atoms with E-state index in [1.807, 2.05) is 18.2 Å². The second-order valence-electron chi connectivity index (χ2n) is 4.63. The summed E-state index contributed by atoms with van der Waals surface area (Å²) in [6.07, 6.45) is 1.99. The molecule has 0 bridgehead atoms. The Morgan fingerprint density at radius 1 is 1.44 bits per heavy atom. The van der Waals surface area contributed by atoms with Crippen LogP contribution >= 0.6 is 0 Å². The second kappa shape index (κ2) is 5.98. The Hall–Kier alpha value is -1.39. The second-order valence-corrected chi connectivity index (χ2v) is 4.63. The molecule has 1 aliphatic heterocycles. The van der Waals surface area contributed by atoms with Crippen LogP contribution in [0.4, 0.5) is 0 Å². The highest BCUT2D eigenvalue weighted by atomic mass is 16.7. The van der Waals surface area contributed by atoms with Crippen molar-refractivity contribution in [3.8, 4) is 0 Å². The lowest BCUT2D eigenvalue weighted by Crippen LogP contribution is -2.43. The van der Waals surface area contributed by atoms with Crippen LogP contribution in [-0.2, 0) is 16.2 Å². The summed E-state index contributed by atoms with van der Waals surface area (Å²) in [5.74, 6) is 0.0472. The molecular weight excluding hydrogens is 228 g/mol. The van der Waals surface area contributed by atoms with Gasteiger partial charge in [-0.15, -0.1) is 0 Å². The number of hydrogen-bond donors (Lipinski definition) is 0. The van der Waals surface area contributed by atoms with Gasteiger partial charge in [0, 0.05) is 13.6 Å². The highest BCUT2D eigenvalue weighted by Gasteiger charge is 2.32. The monoisotopic (exact) mass is 248 g/mol. The maximum absolute atomic E-state index is 12.1. The lowest BCUT2D eigenvalue weighted by Gasteiger charge is -2.26. The van der Waals surface area contributed by atoms with Crippen LogP contribution in [-0.4, -0.2) is 42.6 Å². The van der Waals surface area contributed by atoms with Crippen molar-refractivity contribution in [1.29, 1.82) is 0 Å². The number of benzene rings is 1. The molecule has 2 rings (SSSR count). The van der Waals surface area contributed by atoms with Gasteiger partial charge < -0.3 is 0 Å². The summed E-state index contributed by atoms with van der Waals surface area (Å²) < 4.78 is 0. The summed E-state index contributed by atoms with van der Waals surface area (Å²) in [7, 11) is 3.19. The van der Waals surface area contributed by atoms with Crippen molar-refractivity contribution in [2.24, 2.45) is 0 Å². The molecule has 1 saturated heterocycles. The van der Waals surface area contributed by atoms with E-state index in [0.29, 0.717) is 0 Å². The molecule has 0 N–H and O–H groups in total. The molecule has 4 heteroatoms. The van der Waals surface area contributed by atoms with Crippen LogP contribution in [0.2, 0.25) is 0 Å². The van der Waals surface area contributed by atoms with Gasteiger partial charge in [0.2, 0.25) is 0 Å². The molecule has 0 aliphatic carbocycles. The van der Waals surface area contributed by atoms with Crippen LogP contribution in [0.25, 0.3) is 0 Å². The van der Waals surface area contributed by atoms with Crippen LogP contribution in [0.1, 0.15) is 18.4 Å². The first kappa shape index (κ1) is 13.1. The third kappa shape index (κ3) is 2.89. The molecular formula is C14H20N2O2. The smallest absolute Gasteiger partial charge is 0.263 e. The molecule has 1 heterocycles. The maximum atomic E-state index is 12.1. The van der Waals surface area contributed by atoms with Crippen LogP contribution in [0.15, 0.2) is 30.3 Å². The molecule has 0 aromatic heterocycles. The first-order valence-electron chi connectivity index (χ1n) is 6.32. The average Bonchev–Trinajstić information content (AvgIpc) is 2.86. The van der Waals surface area contributed by atoms with Gasteiger partial charge in [-0.1, -0.05) is 30.3 Å². The van der Waals surface area contributed by atoms with E-state index in [0.717, 1.165) is 25.9 Å². The van der Waals surface area contributed by atoms with Crippen LogP contribution in [0.3, 0.4) is 0 Å². The zero-order chi connectivity index (χ0) is 13.0. The average molecular weight is 248 g/mol. The van der Waals surface area contributed by atoms with E-state index in [1.165, 1.54) is 17.7 Å². The number of amides is 1. The van der Waals surface area contributed by atoms with Crippen molar-refractivity contribution in [3.05, 3.63) is 35.9 Å². The molecule has 0 radical (unpaired) electrons. The molecule has 1 aromatic carbocycles. The molecule has 4 nitrogen and oxygen atoms in total. The summed E-state index contributed by atoms with van der Waals surface area (Å²) >= 11 is 0. The first-order valence-corrected chi connectivity index (χ1v) is 6.32. The molecule has 1 atom stereocenters. The van der Waals surface area contributed by atoms with E-state index < -0.39 is 0 Å². The Bertz CT molecular complexity index is 394. The van der Waals surface area contributed by atoms with Gasteiger partial charge >= 0.3 is 0 Å². The van der Waals surface area contributed by atoms with E-state index >= 15 is 0 Å². The van der Waals surface area contributed by atoms with Crippen molar-refractivity contribution in [2.75, 3.05) is 20.7 Å². The number of rotatable bonds is 4. The van der Waals surface area contributed by atoms with Gasteiger partial charge in [-0.25, -0.2) is 5.06 Å². The van der Waals surface area contributed by atoms with E-state index in [-0.39, 0.29) is 11.9 Å². The van der Waals surface area contributed by atoms with Gasteiger partial charge in [-0.05, 0) is 24.9 Å². The topological polar surface area (TPSA) is 32.8 Å². The Labute approximate surface area is 108 Å². The van der Waals surface area contributed by atoms with Crippen molar-refractivity contribution < 1.29 is 9.63 Å². The van der Waals surface area contributed by atoms with Gasteiger partial charge in [0.1, 0.15) is 0 Å². The lowest BCUT2D eigenvalue weighted by atomic mass is 10.1. The number of carbonyl (C=O) groups is 1. The predicted molar refractivity (Wildman–Crippen MR) is 69.7 cm³/mol. The van der Waals surface area contributed by atoms with Crippen molar-refractivity contribution >= 4 is 5.91 Å². The van der Waals surface area contributed by atoms with Crippen LogP contribution in [0, 0.1) is 0 Å². The Kier molecular flexibility index (Phi) is 4.33. The number of hydroxylamine groups is 2. The molecule has 0 spiro atoms. The predicted octanol–water partition coefficient (Wildman–Crippen LogP) is 1.67. The summed E-state index contributed by atoms with van der Waals surface area (Å²) in [6, 6.07) is 10.2. The number of likely N-dealkylation sites (N-methyl/N-ethyl adjacent to an activating group) is 1. The molecule has 1 unspecified atom stereocenters. The van der Waals surface area contributed by atoms with Crippen LogP contribution < -0.4 is 0 Å². The van der Waals surface area contributed by atoms with Crippen molar-refractivity contribution in [1.82, 2.24) is 9.96 Å². The Morgan fingerprint density at radius 2 is 2.17 bits per heavy atom. The Morgan fingerprint density at radius 3 is 2.83 bits per heavy atom. The quantitative estimate of drug-likeness (QED) is 0.760. The summed E-state index contributed by atoms with van der Waals surface area (Å²) in [5.41, 5.74) is 1.25. The lowest BCUT2D eigenvalue weighted by molar-refractivity contribution is -0.173. The molecule has 1 fully saturated rings.